The van der Waals surface area contributed by atoms with E-state index in [1.54, 1.807) is 6.92 Å². The molecule has 2 unspecified atom stereocenters. The van der Waals surface area contributed by atoms with Gasteiger partial charge in [-0.15, -0.1) is 0 Å². The molecule has 2 atom stereocenters. The van der Waals surface area contributed by atoms with Crippen LogP contribution < -0.4 is 5.32 Å². The number of rotatable bonds is 4. The molecular formula is C14H22N2O5. The molecule has 7 heteroatoms. The first-order chi connectivity index (χ1) is 10.0. The second-order valence-corrected chi connectivity index (χ2v) is 5.67. The minimum Gasteiger partial charge on any atom is -0.480 e. The summed E-state index contributed by atoms with van der Waals surface area (Å²) in [6, 6.07) is -1.69. The van der Waals surface area contributed by atoms with Crippen LogP contribution in [0.5, 0.6) is 0 Å². The Morgan fingerprint density at radius 1 is 1.29 bits per heavy atom. The van der Waals surface area contributed by atoms with Crippen molar-refractivity contribution in [2.45, 2.75) is 44.7 Å². The molecule has 0 spiro atoms. The van der Waals surface area contributed by atoms with Crippen LogP contribution in [0.2, 0.25) is 0 Å². The van der Waals surface area contributed by atoms with Gasteiger partial charge in [-0.2, -0.15) is 0 Å². The Hall–Kier alpha value is -1.63. The number of nitrogens with one attached hydrogen (secondary N) is 1. The van der Waals surface area contributed by atoms with Crippen LogP contribution in [0.25, 0.3) is 0 Å². The fourth-order valence-electron chi connectivity index (χ4n) is 2.90. The number of hydrogen-bond donors (Lipinski definition) is 2. The summed E-state index contributed by atoms with van der Waals surface area (Å²) in [5.74, 6) is -1.57. The lowest BCUT2D eigenvalue weighted by molar-refractivity contribution is -0.159. The maximum atomic E-state index is 12.4. The standard InChI is InChI=1S/C14H22N2O5/c1-9(15-12(17)10-4-2-3-5-10)13(18)16-6-7-21-8-11(16)14(19)20/h9-11H,2-8H2,1H3,(H,15,17)(H,19,20). The smallest absolute Gasteiger partial charge is 0.328 e. The highest BCUT2D eigenvalue weighted by Gasteiger charge is 2.35. The second kappa shape index (κ2) is 6.89. The zero-order chi connectivity index (χ0) is 15.4. The summed E-state index contributed by atoms with van der Waals surface area (Å²) in [7, 11) is 0. The lowest BCUT2D eigenvalue weighted by atomic mass is 10.1. The molecule has 1 heterocycles. The Kier molecular flexibility index (Phi) is 5.17. The number of carbonyl (C=O) groups excluding carboxylic acids is 2. The van der Waals surface area contributed by atoms with E-state index < -0.39 is 18.1 Å². The van der Waals surface area contributed by atoms with Gasteiger partial charge in [0, 0.05) is 12.5 Å². The van der Waals surface area contributed by atoms with Gasteiger partial charge in [0.2, 0.25) is 11.8 Å². The predicted octanol–water partition coefficient (Wildman–Crippen LogP) is -0.00670. The molecular weight excluding hydrogens is 276 g/mol. The topological polar surface area (TPSA) is 95.9 Å². The summed E-state index contributed by atoms with van der Waals surface area (Å²) in [6.07, 6.45) is 3.82. The highest BCUT2D eigenvalue weighted by molar-refractivity contribution is 5.91. The van der Waals surface area contributed by atoms with Crippen molar-refractivity contribution in [2.75, 3.05) is 19.8 Å². The van der Waals surface area contributed by atoms with Crippen LogP contribution in [0.1, 0.15) is 32.6 Å². The van der Waals surface area contributed by atoms with Crippen LogP contribution >= 0.6 is 0 Å². The number of morpholine rings is 1. The average molecular weight is 298 g/mol. The van der Waals surface area contributed by atoms with E-state index in [1.807, 2.05) is 0 Å². The van der Waals surface area contributed by atoms with Gasteiger partial charge in [-0.3, -0.25) is 9.59 Å². The molecule has 2 rings (SSSR count). The van der Waals surface area contributed by atoms with E-state index in [0.29, 0.717) is 6.61 Å². The van der Waals surface area contributed by atoms with Gasteiger partial charge in [-0.05, 0) is 19.8 Å². The molecule has 0 aromatic rings. The third-order valence-corrected chi connectivity index (χ3v) is 4.15. The van der Waals surface area contributed by atoms with Gasteiger partial charge in [0.25, 0.3) is 0 Å². The number of aliphatic carboxylic acids is 1. The van der Waals surface area contributed by atoms with E-state index in [9.17, 15) is 14.4 Å². The molecule has 118 valence electrons. The highest BCUT2D eigenvalue weighted by atomic mass is 16.5. The lowest BCUT2D eigenvalue weighted by Gasteiger charge is -2.34. The van der Waals surface area contributed by atoms with Crippen LogP contribution in [0.15, 0.2) is 0 Å². The summed E-state index contributed by atoms with van der Waals surface area (Å²) >= 11 is 0. The molecule has 0 bridgehead atoms. The molecule has 0 radical (unpaired) electrons. The Labute approximate surface area is 123 Å². The molecule has 1 aliphatic carbocycles. The zero-order valence-corrected chi connectivity index (χ0v) is 12.2. The van der Waals surface area contributed by atoms with E-state index in [4.69, 9.17) is 9.84 Å². The molecule has 1 saturated heterocycles. The SMILES string of the molecule is CC(NC(=O)C1CCCC1)C(=O)N1CCOCC1C(=O)O. The van der Waals surface area contributed by atoms with Crippen molar-refractivity contribution in [3.63, 3.8) is 0 Å². The summed E-state index contributed by atoms with van der Waals surface area (Å²) < 4.78 is 5.10. The minimum atomic E-state index is -1.09. The van der Waals surface area contributed by atoms with E-state index in [1.165, 1.54) is 4.90 Å². The summed E-state index contributed by atoms with van der Waals surface area (Å²) in [4.78, 5) is 36.8. The Bertz CT molecular complexity index is 420. The lowest BCUT2D eigenvalue weighted by Crippen LogP contribution is -2.57. The number of hydrogen-bond acceptors (Lipinski definition) is 4. The van der Waals surface area contributed by atoms with Gasteiger partial charge in [0.1, 0.15) is 6.04 Å². The first-order valence-corrected chi connectivity index (χ1v) is 7.42. The number of amides is 2. The minimum absolute atomic E-state index is 0.00956. The predicted molar refractivity (Wildman–Crippen MR) is 73.5 cm³/mol. The van der Waals surface area contributed by atoms with E-state index >= 15 is 0 Å². The molecule has 0 aromatic carbocycles. The van der Waals surface area contributed by atoms with Crippen LogP contribution in [0, 0.1) is 5.92 Å². The van der Waals surface area contributed by atoms with Crippen molar-refractivity contribution in [1.29, 1.82) is 0 Å². The quantitative estimate of drug-likeness (QED) is 0.761. The molecule has 21 heavy (non-hydrogen) atoms. The number of carboxylic acid groups (broad SMARTS) is 1. The first-order valence-electron chi connectivity index (χ1n) is 7.42. The van der Waals surface area contributed by atoms with Crippen molar-refractivity contribution >= 4 is 17.8 Å². The third kappa shape index (κ3) is 3.72. The Balaban J connectivity index is 1.93. The van der Waals surface area contributed by atoms with Gasteiger partial charge >= 0.3 is 5.97 Å². The normalized spacial score (nSPS) is 24.6. The van der Waals surface area contributed by atoms with Crippen LogP contribution in [0.3, 0.4) is 0 Å². The highest BCUT2D eigenvalue weighted by Crippen LogP contribution is 2.24. The van der Waals surface area contributed by atoms with E-state index in [-0.39, 0.29) is 30.9 Å². The number of carboxylic acids is 1. The van der Waals surface area contributed by atoms with Crippen molar-refractivity contribution in [2.24, 2.45) is 5.92 Å². The van der Waals surface area contributed by atoms with Crippen molar-refractivity contribution < 1.29 is 24.2 Å². The maximum Gasteiger partial charge on any atom is 0.328 e. The summed E-state index contributed by atoms with van der Waals surface area (Å²) in [5.41, 5.74) is 0. The number of nitrogens with zero attached hydrogens (tertiary/aromatic N) is 1. The Morgan fingerprint density at radius 2 is 1.95 bits per heavy atom. The van der Waals surface area contributed by atoms with Crippen LogP contribution in [-0.2, 0) is 19.1 Å². The van der Waals surface area contributed by atoms with Gasteiger partial charge < -0.3 is 20.1 Å². The largest absolute Gasteiger partial charge is 0.480 e. The van der Waals surface area contributed by atoms with Crippen LogP contribution in [-0.4, -0.2) is 59.6 Å². The fourth-order valence-corrected chi connectivity index (χ4v) is 2.90. The summed E-state index contributed by atoms with van der Waals surface area (Å²) in [5, 5.41) is 11.8. The monoisotopic (exact) mass is 298 g/mol. The maximum absolute atomic E-state index is 12.4. The molecule has 2 N–H and O–H groups in total. The fraction of sp³-hybridized carbons (Fsp3) is 0.786. The van der Waals surface area contributed by atoms with Crippen molar-refractivity contribution in [3.05, 3.63) is 0 Å². The molecule has 1 saturated carbocycles. The van der Waals surface area contributed by atoms with Gasteiger partial charge in [0.05, 0.1) is 13.2 Å². The third-order valence-electron chi connectivity index (χ3n) is 4.15. The average Bonchev–Trinajstić information content (AvgIpc) is 3.00. The second-order valence-electron chi connectivity index (χ2n) is 5.67. The Morgan fingerprint density at radius 3 is 2.57 bits per heavy atom. The molecule has 7 nitrogen and oxygen atoms in total. The summed E-state index contributed by atoms with van der Waals surface area (Å²) in [6.45, 7) is 2.15. The van der Waals surface area contributed by atoms with Crippen molar-refractivity contribution in [3.8, 4) is 0 Å². The van der Waals surface area contributed by atoms with E-state index in [2.05, 4.69) is 5.32 Å². The van der Waals surface area contributed by atoms with Crippen LogP contribution in [0.4, 0.5) is 0 Å². The molecule has 2 aliphatic rings. The molecule has 2 fully saturated rings. The molecule has 2 amide bonds. The van der Waals surface area contributed by atoms with Gasteiger partial charge in [-0.25, -0.2) is 4.79 Å². The number of carbonyl (C=O) groups is 3. The zero-order valence-electron chi connectivity index (χ0n) is 12.2. The van der Waals surface area contributed by atoms with E-state index in [0.717, 1.165) is 25.7 Å². The number of ether oxygens (including phenoxy) is 1. The van der Waals surface area contributed by atoms with Crippen molar-refractivity contribution in [1.82, 2.24) is 10.2 Å². The first kappa shape index (κ1) is 15.8. The van der Waals surface area contributed by atoms with Gasteiger partial charge in [0.15, 0.2) is 6.04 Å². The van der Waals surface area contributed by atoms with Gasteiger partial charge in [-0.1, -0.05) is 12.8 Å². The molecule has 1 aliphatic heterocycles. The molecule has 0 aromatic heterocycles.